The third-order valence-electron chi connectivity index (χ3n) is 4.18. The Kier molecular flexibility index (Phi) is 6.06. The standard InChI is InChI=1S/C20H22N2O2S2/c1-14(2)16-3-5-17(6-4-16)18-13-26-20(21-18)22(9-7-19(23)24)11-15-8-10-25-12-15/h3-6,8,10,12-14H,7,9,11H2,1-2H3,(H,23,24). The number of carboxylic acids is 1. The van der Waals surface area contributed by atoms with Crippen LogP contribution in [0.4, 0.5) is 5.13 Å². The van der Waals surface area contributed by atoms with E-state index in [1.54, 1.807) is 22.7 Å². The Hall–Kier alpha value is -2.18. The fraction of sp³-hybridized carbons (Fsp3) is 0.300. The molecule has 2 heterocycles. The van der Waals surface area contributed by atoms with Gasteiger partial charge in [0, 0.05) is 24.0 Å². The van der Waals surface area contributed by atoms with Crippen molar-refractivity contribution in [3.8, 4) is 11.3 Å². The van der Waals surface area contributed by atoms with Crippen molar-refractivity contribution < 1.29 is 9.90 Å². The second kappa shape index (κ2) is 8.47. The topological polar surface area (TPSA) is 53.4 Å². The number of carbonyl (C=O) groups is 1. The van der Waals surface area contributed by atoms with E-state index in [1.165, 1.54) is 11.1 Å². The first-order valence-corrected chi connectivity index (χ1v) is 10.4. The zero-order valence-corrected chi connectivity index (χ0v) is 16.5. The van der Waals surface area contributed by atoms with Gasteiger partial charge in [0.1, 0.15) is 0 Å². The van der Waals surface area contributed by atoms with E-state index in [1.807, 2.05) is 15.7 Å². The van der Waals surface area contributed by atoms with E-state index < -0.39 is 5.97 Å². The summed E-state index contributed by atoms with van der Waals surface area (Å²) in [7, 11) is 0. The molecule has 1 N–H and O–H groups in total. The van der Waals surface area contributed by atoms with Crippen LogP contribution >= 0.6 is 22.7 Å². The Morgan fingerprint density at radius 2 is 1.96 bits per heavy atom. The minimum atomic E-state index is -0.790. The first-order valence-electron chi connectivity index (χ1n) is 8.56. The number of rotatable bonds is 8. The number of anilines is 1. The van der Waals surface area contributed by atoms with Crippen molar-refractivity contribution >= 4 is 33.8 Å². The van der Waals surface area contributed by atoms with Crippen LogP contribution in [0.25, 0.3) is 11.3 Å². The fourth-order valence-electron chi connectivity index (χ4n) is 2.66. The lowest BCUT2D eigenvalue weighted by atomic mass is 10.0. The van der Waals surface area contributed by atoms with Gasteiger partial charge in [-0.2, -0.15) is 11.3 Å². The molecule has 6 heteroatoms. The number of aromatic nitrogens is 1. The third-order valence-corrected chi connectivity index (χ3v) is 5.82. The summed E-state index contributed by atoms with van der Waals surface area (Å²) in [5, 5.41) is 16.1. The van der Waals surface area contributed by atoms with E-state index in [4.69, 9.17) is 10.1 Å². The van der Waals surface area contributed by atoms with Gasteiger partial charge in [-0.05, 0) is 33.9 Å². The quantitative estimate of drug-likeness (QED) is 0.557. The average Bonchev–Trinajstić information content (AvgIpc) is 3.30. The third kappa shape index (κ3) is 4.71. The van der Waals surface area contributed by atoms with Gasteiger partial charge < -0.3 is 10.0 Å². The molecule has 0 fully saturated rings. The molecule has 0 bridgehead atoms. The van der Waals surface area contributed by atoms with Crippen LogP contribution in [0.15, 0.2) is 46.5 Å². The Bertz CT molecular complexity index is 839. The minimum Gasteiger partial charge on any atom is -0.481 e. The number of benzene rings is 1. The maximum atomic E-state index is 11.0. The average molecular weight is 387 g/mol. The number of thiophene rings is 1. The van der Waals surface area contributed by atoms with E-state index in [9.17, 15) is 4.79 Å². The van der Waals surface area contributed by atoms with Gasteiger partial charge in [0.25, 0.3) is 0 Å². The molecule has 0 amide bonds. The van der Waals surface area contributed by atoms with Gasteiger partial charge in [0.15, 0.2) is 5.13 Å². The number of nitrogens with zero attached hydrogens (tertiary/aromatic N) is 2. The molecule has 1 aromatic carbocycles. The van der Waals surface area contributed by atoms with Gasteiger partial charge >= 0.3 is 5.97 Å². The molecule has 0 aliphatic heterocycles. The van der Waals surface area contributed by atoms with Crippen molar-refractivity contribution in [2.24, 2.45) is 0 Å². The summed E-state index contributed by atoms with van der Waals surface area (Å²) in [5.41, 5.74) is 4.51. The van der Waals surface area contributed by atoms with Crippen LogP contribution < -0.4 is 4.90 Å². The lowest BCUT2D eigenvalue weighted by Gasteiger charge is -2.20. The van der Waals surface area contributed by atoms with Crippen molar-refractivity contribution in [3.63, 3.8) is 0 Å². The summed E-state index contributed by atoms with van der Waals surface area (Å²) in [6.45, 7) is 5.49. The molecule has 2 aromatic heterocycles. The highest BCUT2D eigenvalue weighted by Crippen LogP contribution is 2.29. The normalized spacial score (nSPS) is 11.0. The van der Waals surface area contributed by atoms with Gasteiger partial charge in [-0.1, -0.05) is 38.1 Å². The second-order valence-corrected chi connectivity index (χ2v) is 8.11. The van der Waals surface area contributed by atoms with Gasteiger partial charge in [-0.3, -0.25) is 4.79 Å². The summed E-state index contributed by atoms with van der Waals surface area (Å²) >= 11 is 3.21. The smallest absolute Gasteiger partial charge is 0.305 e. The van der Waals surface area contributed by atoms with Gasteiger partial charge in [-0.25, -0.2) is 4.98 Å². The molecule has 0 saturated heterocycles. The molecule has 136 valence electrons. The van der Waals surface area contributed by atoms with Crippen LogP contribution in [-0.4, -0.2) is 22.6 Å². The molecule has 3 rings (SSSR count). The maximum Gasteiger partial charge on any atom is 0.305 e. The summed E-state index contributed by atoms with van der Waals surface area (Å²) in [6, 6.07) is 10.6. The predicted molar refractivity (Wildman–Crippen MR) is 109 cm³/mol. The zero-order valence-electron chi connectivity index (χ0n) is 14.9. The van der Waals surface area contributed by atoms with Crippen LogP contribution in [-0.2, 0) is 11.3 Å². The number of thiazole rings is 1. The minimum absolute atomic E-state index is 0.0993. The molecule has 0 atom stereocenters. The van der Waals surface area contributed by atoms with Gasteiger partial charge in [0.05, 0.1) is 12.1 Å². The largest absolute Gasteiger partial charge is 0.481 e. The first kappa shape index (κ1) is 18.6. The molecule has 0 aliphatic carbocycles. The molecular formula is C20H22N2O2S2. The number of hydrogen-bond donors (Lipinski definition) is 1. The Balaban J connectivity index is 1.80. The SMILES string of the molecule is CC(C)c1ccc(-c2csc(N(CCC(=O)O)Cc3ccsc3)n2)cc1. The highest BCUT2D eigenvalue weighted by Gasteiger charge is 2.15. The highest BCUT2D eigenvalue weighted by molar-refractivity contribution is 7.14. The lowest BCUT2D eigenvalue weighted by molar-refractivity contribution is -0.136. The summed E-state index contributed by atoms with van der Waals surface area (Å²) in [4.78, 5) is 17.8. The maximum absolute atomic E-state index is 11.0. The number of hydrogen-bond acceptors (Lipinski definition) is 5. The molecule has 3 aromatic rings. The molecule has 4 nitrogen and oxygen atoms in total. The first-order chi connectivity index (χ1) is 12.5. The molecule has 0 spiro atoms. The molecular weight excluding hydrogens is 364 g/mol. The number of carboxylic acid groups (broad SMARTS) is 1. The van der Waals surface area contributed by atoms with E-state index >= 15 is 0 Å². The Morgan fingerprint density at radius 3 is 2.58 bits per heavy atom. The van der Waals surface area contributed by atoms with E-state index in [0.717, 1.165) is 16.4 Å². The predicted octanol–water partition coefficient (Wildman–Crippen LogP) is 5.48. The van der Waals surface area contributed by atoms with Crippen molar-refractivity contribution in [3.05, 3.63) is 57.6 Å². The van der Waals surface area contributed by atoms with E-state index in [0.29, 0.717) is 19.0 Å². The van der Waals surface area contributed by atoms with Crippen LogP contribution in [0.3, 0.4) is 0 Å². The summed E-state index contributed by atoms with van der Waals surface area (Å²) < 4.78 is 0. The lowest BCUT2D eigenvalue weighted by Crippen LogP contribution is -2.25. The Morgan fingerprint density at radius 1 is 1.19 bits per heavy atom. The molecule has 26 heavy (non-hydrogen) atoms. The summed E-state index contributed by atoms with van der Waals surface area (Å²) in [6.07, 6.45) is 0.0993. The zero-order chi connectivity index (χ0) is 18.5. The molecule has 0 radical (unpaired) electrons. The monoisotopic (exact) mass is 386 g/mol. The van der Waals surface area contributed by atoms with Crippen molar-refractivity contribution in [2.75, 3.05) is 11.4 Å². The fourth-order valence-corrected chi connectivity index (χ4v) is 4.18. The van der Waals surface area contributed by atoms with E-state index in [-0.39, 0.29) is 6.42 Å². The molecule has 0 unspecified atom stereocenters. The van der Waals surface area contributed by atoms with Crippen molar-refractivity contribution in [1.82, 2.24) is 4.98 Å². The molecule has 0 aliphatic rings. The van der Waals surface area contributed by atoms with Crippen LogP contribution in [0.1, 0.15) is 37.3 Å². The highest BCUT2D eigenvalue weighted by atomic mass is 32.1. The van der Waals surface area contributed by atoms with Crippen molar-refractivity contribution in [1.29, 1.82) is 0 Å². The number of aliphatic carboxylic acids is 1. The van der Waals surface area contributed by atoms with Gasteiger partial charge in [-0.15, -0.1) is 11.3 Å². The van der Waals surface area contributed by atoms with Crippen LogP contribution in [0, 0.1) is 0 Å². The van der Waals surface area contributed by atoms with Crippen molar-refractivity contribution in [2.45, 2.75) is 32.7 Å². The van der Waals surface area contributed by atoms with Crippen LogP contribution in [0.5, 0.6) is 0 Å². The second-order valence-electron chi connectivity index (χ2n) is 6.49. The Labute approximate surface area is 161 Å². The van der Waals surface area contributed by atoms with E-state index in [2.05, 4.69) is 49.6 Å². The molecule has 0 saturated carbocycles. The van der Waals surface area contributed by atoms with Gasteiger partial charge in [0.2, 0.25) is 0 Å². The van der Waals surface area contributed by atoms with Crippen LogP contribution in [0.2, 0.25) is 0 Å². The summed E-state index contributed by atoms with van der Waals surface area (Å²) in [5.74, 6) is -0.284.